The van der Waals surface area contributed by atoms with E-state index in [-0.39, 0.29) is 24.0 Å². The van der Waals surface area contributed by atoms with Crippen LogP contribution in [0.3, 0.4) is 0 Å². The number of methoxy groups -OCH3 is 2. The number of nitrogens with zero attached hydrogens (tertiary/aromatic N) is 1. The van der Waals surface area contributed by atoms with Crippen molar-refractivity contribution in [2.24, 2.45) is 10.7 Å². The third kappa shape index (κ3) is 1.39. The molecule has 0 saturated heterocycles. The summed E-state index contributed by atoms with van der Waals surface area (Å²) in [6.07, 6.45) is 0.107. The summed E-state index contributed by atoms with van der Waals surface area (Å²) >= 11 is 0. The Labute approximate surface area is 69.9 Å². The predicted molar refractivity (Wildman–Crippen MR) is 42.3 cm³/mol. The van der Waals surface area contributed by atoms with E-state index in [1.54, 1.807) is 0 Å². The molecule has 0 amide bonds. The number of nitrogens with two attached hydrogens (primary N) is 1. The first-order valence-corrected chi connectivity index (χ1v) is 3.37. The normalized spacial score (nSPS) is 17.5. The number of Topliss-reactive ketones (excluding diaryl/α,β-unsaturated/α-hetero) is 1. The molecular formula is C7H10N2O3. The van der Waals surface area contributed by atoms with Crippen molar-refractivity contribution in [2.75, 3.05) is 14.2 Å². The van der Waals surface area contributed by atoms with E-state index >= 15 is 0 Å². The third-order valence-corrected chi connectivity index (χ3v) is 1.45. The molecule has 0 aromatic heterocycles. The van der Waals surface area contributed by atoms with E-state index in [2.05, 4.69) is 4.99 Å². The van der Waals surface area contributed by atoms with Crippen LogP contribution in [0.2, 0.25) is 0 Å². The van der Waals surface area contributed by atoms with Crippen LogP contribution in [0.25, 0.3) is 0 Å². The van der Waals surface area contributed by atoms with Crippen LogP contribution in [-0.4, -0.2) is 25.9 Å². The summed E-state index contributed by atoms with van der Waals surface area (Å²) in [6, 6.07) is 0. The molecule has 2 N–H and O–H groups in total. The van der Waals surface area contributed by atoms with E-state index in [1.165, 1.54) is 14.2 Å². The smallest absolute Gasteiger partial charge is 0.261 e. The summed E-state index contributed by atoms with van der Waals surface area (Å²) in [7, 11) is 2.82. The molecule has 0 atom stereocenters. The maximum atomic E-state index is 11.1. The van der Waals surface area contributed by atoms with Gasteiger partial charge in [-0.05, 0) is 0 Å². The first-order chi connectivity index (χ1) is 5.69. The van der Waals surface area contributed by atoms with E-state index in [9.17, 15) is 4.79 Å². The highest BCUT2D eigenvalue weighted by atomic mass is 16.5. The van der Waals surface area contributed by atoms with Gasteiger partial charge in [0.2, 0.25) is 11.7 Å². The number of hydrogen-bond acceptors (Lipinski definition) is 5. The predicted octanol–water partition coefficient (Wildman–Crippen LogP) is -0.222. The van der Waals surface area contributed by atoms with Crippen LogP contribution in [0.4, 0.5) is 0 Å². The van der Waals surface area contributed by atoms with E-state index in [4.69, 9.17) is 15.2 Å². The van der Waals surface area contributed by atoms with Crippen molar-refractivity contribution in [3.8, 4) is 0 Å². The molecule has 1 rings (SSSR count). The Kier molecular flexibility index (Phi) is 2.32. The monoisotopic (exact) mass is 170 g/mol. The molecule has 0 fully saturated rings. The molecule has 0 spiro atoms. The number of ketones is 1. The van der Waals surface area contributed by atoms with E-state index < -0.39 is 0 Å². The van der Waals surface area contributed by atoms with E-state index in [1.807, 2.05) is 0 Å². The number of hydrogen-bond donors (Lipinski definition) is 1. The van der Waals surface area contributed by atoms with Crippen LogP contribution in [0, 0.1) is 0 Å². The molecule has 1 heterocycles. The van der Waals surface area contributed by atoms with Crippen molar-refractivity contribution in [3.05, 3.63) is 11.6 Å². The Hall–Kier alpha value is -1.52. The topological polar surface area (TPSA) is 73.9 Å². The lowest BCUT2D eigenvalue weighted by Crippen LogP contribution is -2.24. The van der Waals surface area contributed by atoms with Crippen molar-refractivity contribution >= 4 is 11.7 Å². The summed E-state index contributed by atoms with van der Waals surface area (Å²) < 4.78 is 9.53. The summed E-state index contributed by atoms with van der Waals surface area (Å²) in [5, 5.41) is 0. The van der Waals surface area contributed by atoms with E-state index in [0.29, 0.717) is 5.70 Å². The molecule has 0 bridgehead atoms. The van der Waals surface area contributed by atoms with Gasteiger partial charge in [0.05, 0.1) is 26.3 Å². The molecule has 66 valence electrons. The molecule has 0 radical (unpaired) electrons. The van der Waals surface area contributed by atoms with E-state index in [0.717, 1.165) is 0 Å². The Morgan fingerprint density at radius 1 is 1.42 bits per heavy atom. The van der Waals surface area contributed by atoms with Gasteiger partial charge >= 0.3 is 0 Å². The van der Waals surface area contributed by atoms with Crippen LogP contribution >= 0.6 is 0 Å². The maximum Gasteiger partial charge on any atom is 0.261 e. The largest absolute Gasteiger partial charge is 0.480 e. The second-order valence-corrected chi connectivity index (χ2v) is 2.26. The minimum atomic E-state index is -0.226. The molecule has 1 aliphatic heterocycles. The molecule has 0 aliphatic carbocycles. The van der Waals surface area contributed by atoms with Gasteiger partial charge in [-0.3, -0.25) is 4.79 Å². The van der Waals surface area contributed by atoms with Crippen molar-refractivity contribution in [1.82, 2.24) is 0 Å². The van der Waals surface area contributed by atoms with Crippen LogP contribution in [0.15, 0.2) is 16.6 Å². The molecule has 0 unspecified atom stereocenters. The number of ether oxygens (including phenoxy) is 2. The van der Waals surface area contributed by atoms with Crippen molar-refractivity contribution < 1.29 is 14.3 Å². The summed E-state index contributed by atoms with van der Waals surface area (Å²) in [5.41, 5.74) is 5.80. The molecule has 0 saturated carbocycles. The number of carbonyl (C=O) groups is 1. The minimum Gasteiger partial charge on any atom is -0.480 e. The fourth-order valence-electron chi connectivity index (χ4n) is 0.887. The lowest BCUT2D eigenvalue weighted by Gasteiger charge is -2.12. The first kappa shape index (κ1) is 8.58. The Bertz CT molecular complexity index is 268. The highest BCUT2D eigenvalue weighted by molar-refractivity contribution is 6.37. The van der Waals surface area contributed by atoms with Gasteiger partial charge < -0.3 is 15.2 Å². The van der Waals surface area contributed by atoms with Crippen molar-refractivity contribution in [2.45, 2.75) is 6.42 Å². The van der Waals surface area contributed by atoms with Crippen LogP contribution in [-0.2, 0) is 14.3 Å². The maximum absolute atomic E-state index is 11.1. The SMILES string of the molecule is COC1=NC(OC)=C(N)CC1=O. The minimum absolute atomic E-state index is 0.0426. The summed E-state index contributed by atoms with van der Waals surface area (Å²) in [4.78, 5) is 14.8. The van der Waals surface area contributed by atoms with Crippen LogP contribution in [0.5, 0.6) is 0 Å². The van der Waals surface area contributed by atoms with Crippen LogP contribution in [0.1, 0.15) is 6.42 Å². The molecule has 5 heteroatoms. The molecule has 0 aromatic carbocycles. The molecule has 0 aromatic rings. The quantitative estimate of drug-likeness (QED) is 0.590. The lowest BCUT2D eigenvalue weighted by atomic mass is 10.2. The van der Waals surface area contributed by atoms with Crippen molar-refractivity contribution in [1.29, 1.82) is 0 Å². The number of rotatable bonds is 1. The Balaban J connectivity index is 2.96. The number of aliphatic imine (C=N–C) groups is 1. The van der Waals surface area contributed by atoms with Gasteiger partial charge in [0.1, 0.15) is 0 Å². The Morgan fingerprint density at radius 3 is 2.58 bits per heavy atom. The van der Waals surface area contributed by atoms with Gasteiger partial charge in [0.15, 0.2) is 0 Å². The van der Waals surface area contributed by atoms with Gasteiger partial charge in [-0.15, -0.1) is 0 Å². The average Bonchev–Trinajstić information content (AvgIpc) is 2.05. The molecular weight excluding hydrogens is 160 g/mol. The van der Waals surface area contributed by atoms with Crippen molar-refractivity contribution in [3.63, 3.8) is 0 Å². The molecule has 5 nitrogen and oxygen atoms in total. The first-order valence-electron chi connectivity index (χ1n) is 3.37. The fourth-order valence-corrected chi connectivity index (χ4v) is 0.887. The Morgan fingerprint density at radius 2 is 2.08 bits per heavy atom. The van der Waals surface area contributed by atoms with Gasteiger partial charge in [0.25, 0.3) is 5.90 Å². The summed E-state index contributed by atoms with van der Waals surface area (Å²) in [5.74, 6) is 0.0725. The van der Waals surface area contributed by atoms with Gasteiger partial charge in [-0.1, -0.05) is 0 Å². The third-order valence-electron chi connectivity index (χ3n) is 1.45. The number of allylic oxidation sites excluding steroid dienone is 1. The average molecular weight is 170 g/mol. The summed E-state index contributed by atoms with van der Waals surface area (Å²) in [6.45, 7) is 0. The fraction of sp³-hybridized carbons (Fsp3) is 0.429. The number of carbonyl (C=O) groups excluding carboxylic acids is 1. The molecule has 1 aliphatic rings. The highest BCUT2D eigenvalue weighted by Crippen LogP contribution is 2.13. The van der Waals surface area contributed by atoms with Gasteiger partial charge in [-0.2, -0.15) is 4.99 Å². The second-order valence-electron chi connectivity index (χ2n) is 2.26. The lowest BCUT2D eigenvalue weighted by molar-refractivity contribution is -0.113. The van der Waals surface area contributed by atoms with Gasteiger partial charge in [-0.25, -0.2) is 0 Å². The second kappa shape index (κ2) is 3.25. The van der Waals surface area contributed by atoms with Crippen LogP contribution < -0.4 is 5.73 Å². The zero-order valence-electron chi connectivity index (χ0n) is 6.96. The zero-order valence-corrected chi connectivity index (χ0v) is 6.96. The highest BCUT2D eigenvalue weighted by Gasteiger charge is 2.21. The molecule has 12 heavy (non-hydrogen) atoms. The van der Waals surface area contributed by atoms with Gasteiger partial charge in [0, 0.05) is 0 Å². The standard InChI is InChI=1S/C7H10N2O3/c1-11-6-4(8)3-5(10)7(9-6)12-2/h3,8H2,1-2H3. The zero-order chi connectivity index (χ0) is 9.14.